The average molecular weight is 203 g/mol. The molecule has 2 rings (SSSR count). The summed E-state index contributed by atoms with van der Waals surface area (Å²) < 4.78 is 0. The zero-order chi connectivity index (χ0) is 10.8. The van der Waals surface area contributed by atoms with Crippen LogP contribution in [0.1, 0.15) is 36.5 Å². The van der Waals surface area contributed by atoms with E-state index in [2.05, 4.69) is 11.9 Å². The number of nitrogens with zero attached hydrogens (tertiary/aromatic N) is 1. The minimum absolute atomic E-state index is 0.132. The third-order valence-electron chi connectivity index (χ3n) is 3.30. The number of anilines is 1. The van der Waals surface area contributed by atoms with Crippen molar-refractivity contribution in [2.75, 3.05) is 11.9 Å². The van der Waals surface area contributed by atoms with Gasteiger partial charge in [0.1, 0.15) is 0 Å². The van der Waals surface area contributed by atoms with Crippen LogP contribution >= 0.6 is 0 Å². The van der Waals surface area contributed by atoms with E-state index in [1.807, 2.05) is 24.3 Å². The highest BCUT2D eigenvalue weighted by Crippen LogP contribution is 2.28. The first-order chi connectivity index (χ1) is 7.18. The third kappa shape index (κ3) is 2.04. The van der Waals surface area contributed by atoms with Crippen molar-refractivity contribution in [2.24, 2.45) is 0 Å². The van der Waals surface area contributed by atoms with E-state index in [1.54, 1.807) is 6.92 Å². The summed E-state index contributed by atoms with van der Waals surface area (Å²) in [6, 6.07) is 8.59. The first-order valence-corrected chi connectivity index (χ1v) is 5.52. The molecule has 1 aromatic carbocycles. The van der Waals surface area contributed by atoms with E-state index in [4.69, 9.17) is 0 Å². The molecule has 1 aromatic rings. The maximum Gasteiger partial charge on any atom is 0.159 e. The fourth-order valence-electron chi connectivity index (χ4n) is 1.92. The van der Waals surface area contributed by atoms with Gasteiger partial charge in [0.05, 0.1) is 0 Å². The van der Waals surface area contributed by atoms with Gasteiger partial charge in [-0.1, -0.05) is 0 Å². The van der Waals surface area contributed by atoms with Crippen LogP contribution in [0.15, 0.2) is 24.3 Å². The van der Waals surface area contributed by atoms with Crippen LogP contribution in [0.25, 0.3) is 0 Å². The van der Waals surface area contributed by atoms with Gasteiger partial charge in [0.15, 0.2) is 5.78 Å². The number of hydrogen-bond acceptors (Lipinski definition) is 2. The van der Waals surface area contributed by atoms with Gasteiger partial charge in [-0.3, -0.25) is 4.79 Å². The molecule has 1 aliphatic carbocycles. The Morgan fingerprint density at radius 1 is 1.27 bits per heavy atom. The van der Waals surface area contributed by atoms with Crippen molar-refractivity contribution in [1.29, 1.82) is 0 Å². The summed E-state index contributed by atoms with van der Waals surface area (Å²) in [5.41, 5.74) is 2.01. The Morgan fingerprint density at radius 2 is 1.87 bits per heavy atom. The smallest absolute Gasteiger partial charge is 0.159 e. The molecule has 2 nitrogen and oxygen atoms in total. The topological polar surface area (TPSA) is 20.3 Å². The molecule has 0 heterocycles. The van der Waals surface area contributed by atoms with Gasteiger partial charge in [-0.15, -0.1) is 0 Å². The van der Waals surface area contributed by atoms with E-state index in [-0.39, 0.29) is 5.78 Å². The van der Waals surface area contributed by atoms with E-state index in [0.717, 1.165) is 5.56 Å². The lowest BCUT2D eigenvalue weighted by Crippen LogP contribution is -2.37. The Kier molecular flexibility index (Phi) is 2.76. The maximum absolute atomic E-state index is 11.1. The van der Waals surface area contributed by atoms with Gasteiger partial charge in [0.2, 0.25) is 0 Å². The van der Waals surface area contributed by atoms with Crippen LogP contribution in [0.4, 0.5) is 5.69 Å². The lowest BCUT2D eigenvalue weighted by atomic mass is 9.91. The molecule has 0 bridgehead atoms. The van der Waals surface area contributed by atoms with Crippen molar-refractivity contribution in [1.82, 2.24) is 0 Å². The van der Waals surface area contributed by atoms with Crippen LogP contribution < -0.4 is 4.90 Å². The van der Waals surface area contributed by atoms with Gasteiger partial charge in [-0.25, -0.2) is 0 Å². The lowest BCUT2D eigenvalue weighted by molar-refractivity contribution is 0.101. The monoisotopic (exact) mass is 203 g/mol. The standard InChI is InChI=1S/C13H17NO/c1-10(15)11-6-8-13(9-7-11)14(2)12-4-3-5-12/h6-9,12H,3-5H2,1-2H3. The molecule has 15 heavy (non-hydrogen) atoms. The zero-order valence-electron chi connectivity index (χ0n) is 9.36. The Bertz CT molecular complexity index is 351. The van der Waals surface area contributed by atoms with Crippen molar-refractivity contribution in [3.05, 3.63) is 29.8 Å². The molecule has 2 heteroatoms. The predicted molar refractivity (Wildman–Crippen MR) is 62.5 cm³/mol. The lowest BCUT2D eigenvalue weighted by Gasteiger charge is -2.36. The second-order valence-electron chi connectivity index (χ2n) is 4.30. The fourth-order valence-corrected chi connectivity index (χ4v) is 1.92. The molecule has 0 aliphatic heterocycles. The van der Waals surface area contributed by atoms with Crippen LogP contribution in [-0.2, 0) is 0 Å². The van der Waals surface area contributed by atoms with Crippen LogP contribution in [-0.4, -0.2) is 18.9 Å². The Balaban J connectivity index is 2.11. The van der Waals surface area contributed by atoms with E-state index < -0.39 is 0 Å². The Hall–Kier alpha value is -1.31. The number of rotatable bonds is 3. The summed E-state index contributed by atoms with van der Waals surface area (Å²) in [5, 5.41) is 0. The minimum atomic E-state index is 0.132. The quantitative estimate of drug-likeness (QED) is 0.704. The Morgan fingerprint density at radius 3 is 2.27 bits per heavy atom. The summed E-state index contributed by atoms with van der Waals surface area (Å²) in [7, 11) is 2.13. The van der Waals surface area contributed by atoms with Crippen LogP contribution in [0.3, 0.4) is 0 Å². The summed E-state index contributed by atoms with van der Waals surface area (Å²) in [6.07, 6.45) is 3.94. The number of benzene rings is 1. The molecule has 0 saturated heterocycles. The molecule has 0 amide bonds. The molecule has 1 aliphatic rings. The molecular weight excluding hydrogens is 186 g/mol. The molecule has 0 aromatic heterocycles. The summed E-state index contributed by atoms with van der Waals surface area (Å²) >= 11 is 0. The highest BCUT2D eigenvalue weighted by Gasteiger charge is 2.21. The van der Waals surface area contributed by atoms with Crippen molar-refractivity contribution in [2.45, 2.75) is 32.2 Å². The maximum atomic E-state index is 11.1. The molecule has 0 unspecified atom stereocenters. The second kappa shape index (κ2) is 4.05. The van der Waals surface area contributed by atoms with Crippen LogP contribution in [0.5, 0.6) is 0 Å². The van der Waals surface area contributed by atoms with Crippen LogP contribution in [0, 0.1) is 0 Å². The third-order valence-corrected chi connectivity index (χ3v) is 3.30. The predicted octanol–water partition coefficient (Wildman–Crippen LogP) is 2.88. The normalized spacial score (nSPS) is 15.9. The number of hydrogen-bond donors (Lipinski definition) is 0. The van der Waals surface area contributed by atoms with Crippen molar-refractivity contribution in [3.63, 3.8) is 0 Å². The van der Waals surface area contributed by atoms with Gasteiger partial charge in [-0.2, -0.15) is 0 Å². The number of Topliss-reactive ketones (excluding diaryl/α,β-unsaturated/α-hetero) is 1. The molecule has 0 atom stereocenters. The molecule has 0 N–H and O–H groups in total. The first kappa shape index (κ1) is 10.2. The first-order valence-electron chi connectivity index (χ1n) is 5.52. The largest absolute Gasteiger partial charge is 0.372 e. The van der Waals surface area contributed by atoms with E-state index in [9.17, 15) is 4.79 Å². The SMILES string of the molecule is CC(=O)c1ccc(N(C)C2CCC2)cc1. The zero-order valence-corrected chi connectivity index (χ0v) is 9.36. The molecule has 1 saturated carbocycles. The molecule has 80 valence electrons. The number of carbonyl (C=O) groups excluding carboxylic acids is 1. The van der Waals surface area contributed by atoms with Gasteiger partial charge in [0.25, 0.3) is 0 Å². The highest BCUT2D eigenvalue weighted by molar-refractivity contribution is 5.94. The Labute approximate surface area is 90.9 Å². The van der Waals surface area contributed by atoms with Crippen molar-refractivity contribution >= 4 is 11.5 Å². The average Bonchev–Trinajstić information content (AvgIpc) is 2.15. The van der Waals surface area contributed by atoms with Crippen molar-refractivity contribution < 1.29 is 4.79 Å². The minimum Gasteiger partial charge on any atom is -0.372 e. The van der Waals surface area contributed by atoms with Gasteiger partial charge in [0, 0.05) is 24.3 Å². The highest BCUT2D eigenvalue weighted by atomic mass is 16.1. The van der Waals surface area contributed by atoms with E-state index >= 15 is 0 Å². The molecule has 0 spiro atoms. The van der Waals surface area contributed by atoms with Crippen LogP contribution in [0.2, 0.25) is 0 Å². The van der Waals surface area contributed by atoms with E-state index in [0.29, 0.717) is 6.04 Å². The van der Waals surface area contributed by atoms with E-state index in [1.165, 1.54) is 24.9 Å². The summed E-state index contributed by atoms with van der Waals surface area (Å²) in [5.74, 6) is 0.132. The second-order valence-corrected chi connectivity index (χ2v) is 4.30. The van der Waals surface area contributed by atoms with Gasteiger partial charge < -0.3 is 4.90 Å². The summed E-state index contributed by atoms with van der Waals surface area (Å²) in [4.78, 5) is 13.4. The molecule has 1 fully saturated rings. The van der Waals surface area contributed by atoms with Gasteiger partial charge in [-0.05, 0) is 50.5 Å². The number of ketones is 1. The molecular formula is C13H17NO. The fraction of sp³-hybridized carbons (Fsp3) is 0.462. The van der Waals surface area contributed by atoms with Gasteiger partial charge >= 0.3 is 0 Å². The summed E-state index contributed by atoms with van der Waals surface area (Å²) in [6.45, 7) is 1.60. The number of carbonyl (C=O) groups is 1. The van der Waals surface area contributed by atoms with Crippen molar-refractivity contribution in [3.8, 4) is 0 Å². The molecule has 0 radical (unpaired) electrons.